The first-order valence-corrected chi connectivity index (χ1v) is 8.88. The van der Waals surface area contributed by atoms with Gasteiger partial charge in [0.1, 0.15) is 5.82 Å². The lowest BCUT2D eigenvalue weighted by atomic mass is 10.2. The molecule has 1 aromatic heterocycles. The summed E-state index contributed by atoms with van der Waals surface area (Å²) in [5.74, 6) is 1.82. The van der Waals surface area contributed by atoms with E-state index in [1.807, 2.05) is 23.1 Å². The molecule has 1 saturated heterocycles. The van der Waals surface area contributed by atoms with Crippen molar-refractivity contribution in [2.45, 2.75) is 19.4 Å². The topological polar surface area (TPSA) is 85.8 Å². The van der Waals surface area contributed by atoms with Gasteiger partial charge in [0, 0.05) is 25.8 Å². The lowest BCUT2D eigenvalue weighted by Gasteiger charge is -2.17. The average molecular weight is 372 g/mol. The highest BCUT2D eigenvalue weighted by atomic mass is 16.5. The van der Waals surface area contributed by atoms with Gasteiger partial charge in [0.25, 0.3) is 5.91 Å². The van der Waals surface area contributed by atoms with E-state index in [4.69, 9.17) is 14.2 Å². The maximum atomic E-state index is 12.1. The molecular weight excluding hydrogens is 348 g/mol. The van der Waals surface area contributed by atoms with Crippen LogP contribution in [0.1, 0.15) is 18.4 Å². The minimum Gasteiger partial charge on any atom is -0.493 e. The molecule has 144 valence electrons. The fourth-order valence-electron chi connectivity index (χ4n) is 2.87. The molecule has 1 aliphatic heterocycles. The number of carbonyl (C=O) groups is 1. The summed E-state index contributed by atoms with van der Waals surface area (Å²) in [6.45, 7) is 2.20. The predicted molar refractivity (Wildman–Crippen MR) is 100 cm³/mol. The van der Waals surface area contributed by atoms with Crippen molar-refractivity contribution in [2.24, 2.45) is 0 Å². The molecular formula is C19H24N4O4. The molecule has 8 nitrogen and oxygen atoms in total. The number of aromatic nitrogens is 2. The number of nitrogens with zero attached hydrogens (tertiary/aromatic N) is 3. The first-order chi connectivity index (χ1) is 13.2. The Morgan fingerprint density at radius 3 is 2.70 bits per heavy atom. The number of hydrogen-bond acceptors (Lipinski definition) is 7. The fraction of sp³-hybridized carbons (Fsp3) is 0.421. The van der Waals surface area contributed by atoms with Crippen molar-refractivity contribution in [1.82, 2.24) is 14.9 Å². The zero-order valence-electron chi connectivity index (χ0n) is 15.6. The highest BCUT2D eigenvalue weighted by Crippen LogP contribution is 2.28. The second-order valence-corrected chi connectivity index (χ2v) is 6.14. The number of benzene rings is 1. The van der Waals surface area contributed by atoms with Crippen LogP contribution >= 0.6 is 0 Å². The standard InChI is InChI=1S/C19H24N4O4/c1-25-16-11-14(12-21-17-7-8-20-19(22-17)26-2)5-6-15(16)27-13-18(24)23-9-3-4-10-23/h5-8,11H,3-4,9-10,12-13H2,1-2H3,(H,20,21,22). The Labute approximate surface area is 158 Å². The molecule has 2 aromatic rings. The molecule has 0 radical (unpaired) electrons. The molecule has 0 aliphatic carbocycles. The highest BCUT2D eigenvalue weighted by molar-refractivity contribution is 5.78. The largest absolute Gasteiger partial charge is 0.493 e. The van der Waals surface area contributed by atoms with Crippen molar-refractivity contribution in [3.8, 4) is 17.5 Å². The summed E-state index contributed by atoms with van der Waals surface area (Å²) in [5.41, 5.74) is 0.989. The van der Waals surface area contributed by atoms with Crippen molar-refractivity contribution < 1.29 is 19.0 Å². The zero-order chi connectivity index (χ0) is 19.1. The maximum absolute atomic E-state index is 12.1. The van der Waals surface area contributed by atoms with E-state index in [0.717, 1.165) is 31.5 Å². The summed E-state index contributed by atoms with van der Waals surface area (Å²) >= 11 is 0. The number of methoxy groups -OCH3 is 2. The lowest BCUT2D eigenvalue weighted by molar-refractivity contribution is -0.132. The van der Waals surface area contributed by atoms with Gasteiger partial charge in [-0.25, -0.2) is 4.98 Å². The Morgan fingerprint density at radius 2 is 1.96 bits per heavy atom. The SMILES string of the molecule is COc1nccc(NCc2ccc(OCC(=O)N3CCCC3)c(OC)c2)n1. The fourth-order valence-corrected chi connectivity index (χ4v) is 2.87. The Hall–Kier alpha value is -3.03. The maximum Gasteiger partial charge on any atom is 0.318 e. The normalized spacial score (nSPS) is 13.3. The molecule has 0 spiro atoms. The van der Waals surface area contributed by atoms with E-state index in [2.05, 4.69) is 15.3 Å². The van der Waals surface area contributed by atoms with Crippen molar-refractivity contribution in [2.75, 3.05) is 39.2 Å². The minimum absolute atomic E-state index is 0.0120. The highest BCUT2D eigenvalue weighted by Gasteiger charge is 2.18. The van der Waals surface area contributed by atoms with E-state index in [1.54, 1.807) is 19.4 Å². The van der Waals surface area contributed by atoms with Gasteiger partial charge in [-0.05, 0) is 36.6 Å². The van der Waals surface area contributed by atoms with Crippen molar-refractivity contribution in [1.29, 1.82) is 0 Å². The molecule has 1 N–H and O–H groups in total. The van der Waals surface area contributed by atoms with Gasteiger partial charge in [0.15, 0.2) is 18.1 Å². The van der Waals surface area contributed by atoms with Crippen LogP contribution < -0.4 is 19.5 Å². The average Bonchev–Trinajstić information content (AvgIpc) is 3.26. The van der Waals surface area contributed by atoms with Gasteiger partial charge < -0.3 is 24.4 Å². The van der Waals surface area contributed by atoms with Crippen LogP contribution in [-0.4, -0.2) is 54.7 Å². The van der Waals surface area contributed by atoms with E-state index < -0.39 is 0 Å². The minimum atomic E-state index is 0.0120. The van der Waals surface area contributed by atoms with Gasteiger partial charge in [0.05, 0.1) is 14.2 Å². The van der Waals surface area contributed by atoms with Crippen LogP contribution in [0.25, 0.3) is 0 Å². The number of ether oxygens (including phenoxy) is 3. The van der Waals surface area contributed by atoms with Gasteiger partial charge in [-0.1, -0.05) is 6.07 Å². The number of nitrogens with one attached hydrogen (secondary N) is 1. The van der Waals surface area contributed by atoms with Gasteiger partial charge in [-0.15, -0.1) is 0 Å². The van der Waals surface area contributed by atoms with E-state index in [-0.39, 0.29) is 12.5 Å². The van der Waals surface area contributed by atoms with Crippen LogP contribution in [0.3, 0.4) is 0 Å². The number of anilines is 1. The Bertz CT molecular complexity index is 778. The zero-order valence-corrected chi connectivity index (χ0v) is 15.6. The molecule has 2 heterocycles. The van der Waals surface area contributed by atoms with Crippen molar-refractivity contribution >= 4 is 11.7 Å². The van der Waals surface area contributed by atoms with Crippen LogP contribution in [0.5, 0.6) is 17.5 Å². The molecule has 1 fully saturated rings. The molecule has 3 rings (SSSR count). The second-order valence-electron chi connectivity index (χ2n) is 6.14. The van der Waals surface area contributed by atoms with Crippen LogP contribution in [0.4, 0.5) is 5.82 Å². The number of hydrogen-bond donors (Lipinski definition) is 1. The summed E-state index contributed by atoms with van der Waals surface area (Å²) in [5, 5.41) is 3.21. The van der Waals surface area contributed by atoms with Gasteiger partial charge in [-0.2, -0.15) is 4.98 Å². The molecule has 1 aromatic carbocycles. The number of amides is 1. The molecule has 27 heavy (non-hydrogen) atoms. The van der Waals surface area contributed by atoms with Crippen molar-refractivity contribution in [3.05, 3.63) is 36.0 Å². The van der Waals surface area contributed by atoms with Crippen molar-refractivity contribution in [3.63, 3.8) is 0 Å². The molecule has 0 bridgehead atoms. The summed E-state index contributed by atoms with van der Waals surface area (Å²) in [6.07, 6.45) is 3.76. The molecule has 8 heteroatoms. The monoisotopic (exact) mass is 372 g/mol. The third-order valence-corrected chi connectivity index (χ3v) is 4.33. The first-order valence-electron chi connectivity index (χ1n) is 8.88. The first kappa shape index (κ1) is 18.8. The Morgan fingerprint density at radius 1 is 1.15 bits per heavy atom. The van der Waals surface area contributed by atoms with Gasteiger partial charge in [-0.3, -0.25) is 4.79 Å². The van der Waals surface area contributed by atoms with E-state index in [1.165, 1.54) is 7.11 Å². The molecule has 0 unspecified atom stereocenters. The summed E-state index contributed by atoms with van der Waals surface area (Å²) < 4.78 is 16.1. The molecule has 1 amide bonds. The Balaban J connectivity index is 1.58. The smallest absolute Gasteiger partial charge is 0.318 e. The summed E-state index contributed by atoms with van der Waals surface area (Å²) in [4.78, 5) is 22.1. The summed E-state index contributed by atoms with van der Waals surface area (Å²) in [7, 11) is 3.11. The van der Waals surface area contributed by atoms with Gasteiger partial charge >= 0.3 is 6.01 Å². The van der Waals surface area contributed by atoms with E-state index in [9.17, 15) is 4.79 Å². The summed E-state index contributed by atoms with van der Waals surface area (Å²) in [6, 6.07) is 7.68. The number of rotatable bonds is 8. The Kier molecular flexibility index (Phi) is 6.30. The predicted octanol–water partition coefficient (Wildman–Crippen LogP) is 2.11. The quantitative estimate of drug-likeness (QED) is 0.759. The number of likely N-dealkylation sites (tertiary alicyclic amines) is 1. The van der Waals surface area contributed by atoms with Gasteiger partial charge in [0.2, 0.25) is 0 Å². The third-order valence-electron chi connectivity index (χ3n) is 4.33. The molecule has 1 aliphatic rings. The molecule has 0 saturated carbocycles. The van der Waals surface area contributed by atoms with Crippen LogP contribution in [0, 0.1) is 0 Å². The van der Waals surface area contributed by atoms with Crippen LogP contribution in [0.15, 0.2) is 30.5 Å². The van der Waals surface area contributed by atoms with Crippen LogP contribution in [0.2, 0.25) is 0 Å². The van der Waals surface area contributed by atoms with E-state index in [0.29, 0.717) is 29.9 Å². The molecule has 0 atom stereocenters. The van der Waals surface area contributed by atoms with E-state index >= 15 is 0 Å². The third kappa shape index (κ3) is 4.99. The van der Waals surface area contributed by atoms with Crippen LogP contribution in [-0.2, 0) is 11.3 Å². The second kappa shape index (κ2) is 9.07. The number of carbonyl (C=O) groups excluding carboxylic acids is 1. The lowest BCUT2D eigenvalue weighted by Crippen LogP contribution is -2.32.